The molecule has 1 aromatic heterocycles. The summed E-state index contributed by atoms with van der Waals surface area (Å²) in [6, 6.07) is 5.37. The molecule has 3 amide bonds. The summed E-state index contributed by atoms with van der Waals surface area (Å²) in [5, 5.41) is 18.0. The Morgan fingerprint density at radius 3 is 2.57 bits per heavy atom. The Morgan fingerprint density at radius 1 is 1.18 bits per heavy atom. The minimum Gasteiger partial charge on any atom is -0.480 e. The van der Waals surface area contributed by atoms with Gasteiger partial charge >= 0.3 is 5.97 Å². The summed E-state index contributed by atoms with van der Waals surface area (Å²) >= 11 is 0. The van der Waals surface area contributed by atoms with Crippen molar-refractivity contribution < 1.29 is 28.7 Å². The molecule has 1 aliphatic rings. The highest BCUT2D eigenvalue weighted by atomic mass is 28.4. The second-order valence-electron chi connectivity index (χ2n) is 12.8. The first-order chi connectivity index (χ1) is 20.6. The van der Waals surface area contributed by atoms with Crippen molar-refractivity contribution in [1.82, 2.24) is 26.1 Å². The van der Waals surface area contributed by atoms with Crippen molar-refractivity contribution in [2.45, 2.75) is 96.6 Å². The third kappa shape index (κ3) is 9.44. The third-order valence-corrected chi connectivity index (χ3v) is 12.9. The number of aryl methyl sites for hydroxylation is 1. The fourth-order valence-electron chi connectivity index (χ4n) is 4.48. The highest BCUT2D eigenvalue weighted by Crippen LogP contribution is 2.36. The van der Waals surface area contributed by atoms with Crippen LogP contribution in [0.1, 0.15) is 65.1 Å². The zero-order chi connectivity index (χ0) is 32.7. The summed E-state index contributed by atoms with van der Waals surface area (Å²) in [6.45, 7) is 14.3. The van der Waals surface area contributed by atoms with E-state index in [1.165, 1.54) is 17.5 Å². The van der Waals surface area contributed by atoms with Crippen LogP contribution in [0.15, 0.2) is 36.5 Å². The first-order valence-corrected chi connectivity index (χ1v) is 18.1. The molecule has 0 bridgehead atoms. The number of aromatic nitrogens is 1. The first kappa shape index (κ1) is 34.9. The molecule has 11 nitrogen and oxygen atoms in total. The molecule has 12 heteroatoms. The van der Waals surface area contributed by atoms with Gasteiger partial charge in [0.15, 0.2) is 8.32 Å². The Labute approximate surface area is 260 Å². The van der Waals surface area contributed by atoms with Gasteiger partial charge in [-0.05, 0) is 67.4 Å². The van der Waals surface area contributed by atoms with Gasteiger partial charge in [0.1, 0.15) is 18.1 Å². The van der Waals surface area contributed by atoms with Crippen LogP contribution in [-0.2, 0) is 30.0 Å². The molecule has 1 aliphatic heterocycles. The van der Waals surface area contributed by atoms with Crippen molar-refractivity contribution in [2.24, 2.45) is 0 Å². The lowest BCUT2D eigenvalue weighted by atomic mass is 10.1. The number of nitrogens with zero attached hydrogens (tertiary/aromatic N) is 2. The lowest BCUT2D eigenvalue weighted by Crippen LogP contribution is -2.61. The Balaban J connectivity index is 1.67. The van der Waals surface area contributed by atoms with Crippen molar-refractivity contribution >= 4 is 48.9 Å². The lowest BCUT2D eigenvalue weighted by molar-refractivity contribution is -0.148. The van der Waals surface area contributed by atoms with E-state index in [2.05, 4.69) is 74.0 Å². The van der Waals surface area contributed by atoms with Crippen molar-refractivity contribution in [2.75, 3.05) is 13.2 Å². The molecule has 0 aliphatic carbocycles. The van der Waals surface area contributed by atoms with Gasteiger partial charge < -0.3 is 20.2 Å². The van der Waals surface area contributed by atoms with E-state index < -0.39 is 44.2 Å². The molecule has 1 fully saturated rings. The standard InChI is InChI=1S/C32H47N5O6Si/c1-8-22-14-15-23-19-33-25(18-24(23)17-22)11-9-13-28(38)35-27(20-43-44(6,7)32(3,4)5)29(39)34-21(2)30(40)37-16-10-12-26(36-37)31(41)42/h9,11,14-15,17-19,21,26-27,36H,8,10,12-13,16,20H2,1-7H3,(H,34,39)(H,35,38)(H,41,42). The number of aliphatic carboxylic acids is 1. The second-order valence-corrected chi connectivity index (χ2v) is 17.6. The molecule has 0 saturated carbocycles. The maximum absolute atomic E-state index is 13.4. The molecule has 1 aromatic carbocycles. The maximum atomic E-state index is 13.4. The summed E-state index contributed by atoms with van der Waals surface area (Å²) in [4.78, 5) is 55.2. The van der Waals surface area contributed by atoms with E-state index in [1.807, 2.05) is 12.1 Å². The van der Waals surface area contributed by atoms with E-state index in [1.54, 1.807) is 18.3 Å². The number of carbonyl (C=O) groups is 4. The molecule has 1 saturated heterocycles. The van der Waals surface area contributed by atoms with E-state index in [9.17, 15) is 24.3 Å². The molecule has 44 heavy (non-hydrogen) atoms. The fourth-order valence-corrected chi connectivity index (χ4v) is 5.50. The van der Waals surface area contributed by atoms with Crippen LogP contribution < -0.4 is 16.1 Å². The molecular weight excluding hydrogens is 578 g/mol. The summed E-state index contributed by atoms with van der Waals surface area (Å²) in [6.07, 6.45) is 7.16. The Morgan fingerprint density at radius 2 is 1.91 bits per heavy atom. The summed E-state index contributed by atoms with van der Waals surface area (Å²) in [5.41, 5.74) is 4.66. The van der Waals surface area contributed by atoms with E-state index in [4.69, 9.17) is 4.43 Å². The van der Waals surface area contributed by atoms with E-state index in [0.717, 1.165) is 22.9 Å². The monoisotopic (exact) mass is 625 g/mol. The highest BCUT2D eigenvalue weighted by Gasteiger charge is 2.39. The number of fused-ring (bicyclic) bond motifs is 1. The normalized spacial score (nSPS) is 17.3. The zero-order valence-corrected chi connectivity index (χ0v) is 27.9. The van der Waals surface area contributed by atoms with E-state index in [-0.39, 0.29) is 24.0 Å². The van der Waals surface area contributed by atoms with Gasteiger partial charge in [0.05, 0.1) is 12.3 Å². The number of hydrazine groups is 1. The Bertz CT molecular complexity index is 1390. The van der Waals surface area contributed by atoms with Gasteiger partial charge in [-0.1, -0.05) is 52.0 Å². The maximum Gasteiger partial charge on any atom is 0.322 e. The lowest BCUT2D eigenvalue weighted by Gasteiger charge is -2.37. The van der Waals surface area contributed by atoms with Gasteiger partial charge in [0.25, 0.3) is 5.91 Å². The van der Waals surface area contributed by atoms with Crippen molar-refractivity contribution in [1.29, 1.82) is 0 Å². The largest absolute Gasteiger partial charge is 0.480 e. The minimum atomic E-state index is -2.26. The molecule has 240 valence electrons. The predicted molar refractivity (Wildman–Crippen MR) is 173 cm³/mol. The van der Waals surface area contributed by atoms with Gasteiger partial charge in [0, 0.05) is 24.5 Å². The van der Waals surface area contributed by atoms with Gasteiger partial charge in [-0.3, -0.25) is 29.2 Å². The zero-order valence-electron chi connectivity index (χ0n) is 26.9. The van der Waals surface area contributed by atoms with Crippen LogP contribution in [0.2, 0.25) is 18.1 Å². The van der Waals surface area contributed by atoms with Crippen molar-refractivity contribution in [3.05, 3.63) is 47.8 Å². The minimum absolute atomic E-state index is 0.0152. The van der Waals surface area contributed by atoms with Crippen LogP contribution in [-0.4, -0.2) is 78.4 Å². The quantitative estimate of drug-likeness (QED) is 0.260. The Kier molecular flexibility index (Phi) is 11.8. The Hall–Kier alpha value is -3.61. The second kappa shape index (κ2) is 14.9. The van der Waals surface area contributed by atoms with Gasteiger partial charge in [-0.15, -0.1) is 0 Å². The topological polar surface area (TPSA) is 150 Å². The highest BCUT2D eigenvalue weighted by molar-refractivity contribution is 6.74. The van der Waals surface area contributed by atoms with Crippen LogP contribution in [0, 0.1) is 0 Å². The average molecular weight is 626 g/mol. The number of hydrogen-bond acceptors (Lipinski definition) is 7. The number of hydrogen-bond donors (Lipinski definition) is 4. The summed E-state index contributed by atoms with van der Waals surface area (Å²) in [5.74, 6) is -2.44. The van der Waals surface area contributed by atoms with E-state index >= 15 is 0 Å². The number of carboxylic acid groups (broad SMARTS) is 1. The molecule has 3 atom stereocenters. The predicted octanol–water partition coefficient (Wildman–Crippen LogP) is 3.79. The van der Waals surface area contributed by atoms with Crippen LogP contribution in [0.4, 0.5) is 0 Å². The number of amides is 3. The number of benzene rings is 1. The third-order valence-electron chi connectivity index (χ3n) is 8.36. The molecular formula is C32H47N5O6Si. The molecule has 3 unspecified atom stereocenters. The smallest absolute Gasteiger partial charge is 0.322 e. The van der Waals surface area contributed by atoms with Crippen LogP contribution in [0.3, 0.4) is 0 Å². The first-order valence-electron chi connectivity index (χ1n) is 15.2. The average Bonchev–Trinajstić information content (AvgIpc) is 2.97. The van der Waals surface area contributed by atoms with Crippen LogP contribution in [0.25, 0.3) is 16.8 Å². The van der Waals surface area contributed by atoms with Crippen LogP contribution >= 0.6 is 0 Å². The number of carbonyl (C=O) groups excluding carboxylic acids is 3. The fraction of sp³-hybridized carbons (Fsp3) is 0.531. The molecule has 4 N–H and O–H groups in total. The van der Waals surface area contributed by atoms with Gasteiger partial charge in [0.2, 0.25) is 11.8 Å². The number of carboxylic acids is 1. The molecule has 2 heterocycles. The summed E-state index contributed by atoms with van der Waals surface area (Å²) in [7, 11) is -2.26. The van der Waals surface area contributed by atoms with Crippen molar-refractivity contribution in [3.8, 4) is 0 Å². The molecule has 2 aromatic rings. The number of rotatable bonds is 12. The van der Waals surface area contributed by atoms with Gasteiger partial charge in [-0.2, -0.15) is 0 Å². The van der Waals surface area contributed by atoms with Gasteiger partial charge in [-0.25, -0.2) is 5.43 Å². The molecule has 0 spiro atoms. The summed E-state index contributed by atoms with van der Waals surface area (Å²) < 4.78 is 6.27. The molecule has 3 rings (SSSR count). The molecule has 0 radical (unpaired) electrons. The number of nitrogens with one attached hydrogen (secondary N) is 3. The number of pyridine rings is 1. The van der Waals surface area contributed by atoms with Crippen molar-refractivity contribution in [3.63, 3.8) is 0 Å². The SMILES string of the molecule is CCc1ccc2cnc(C=CCC(=O)NC(CO[Si](C)(C)C(C)(C)C)C(=O)NC(C)C(=O)N3CCCC(C(=O)O)N3)cc2c1. The van der Waals surface area contributed by atoms with Crippen LogP contribution in [0.5, 0.6) is 0 Å². The van der Waals surface area contributed by atoms with E-state index in [0.29, 0.717) is 19.4 Å².